The summed E-state index contributed by atoms with van der Waals surface area (Å²) in [5.41, 5.74) is 1.91. The van der Waals surface area contributed by atoms with Gasteiger partial charge in [0, 0.05) is 30.0 Å². The SMILES string of the molecule is Cc1ccc(NC(=O)c2ccnc(N3CCOCC3)n2)cc1Cl. The molecule has 1 saturated heterocycles. The van der Waals surface area contributed by atoms with Crippen molar-refractivity contribution in [1.82, 2.24) is 9.97 Å². The lowest BCUT2D eigenvalue weighted by atomic mass is 10.2. The van der Waals surface area contributed by atoms with Gasteiger partial charge in [-0.25, -0.2) is 9.97 Å². The molecule has 0 saturated carbocycles. The van der Waals surface area contributed by atoms with Crippen LogP contribution in [0, 0.1) is 6.92 Å². The van der Waals surface area contributed by atoms with Gasteiger partial charge in [0.25, 0.3) is 5.91 Å². The molecule has 23 heavy (non-hydrogen) atoms. The minimum absolute atomic E-state index is 0.290. The Labute approximate surface area is 139 Å². The number of carbonyl (C=O) groups excluding carboxylic acids is 1. The highest BCUT2D eigenvalue weighted by molar-refractivity contribution is 6.31. The van der Waals surface area contributed by atoms with Crippen LogP contribution in [0.15, 0.2) is 30.5 Å². The highest BCUT2D eigenvalue weighted by Gasteiger charge is 2.16. The van der Waals surface area contributed by atoms with Gasteiger partial charge >= 0.3 is 0 Å². The van der Waals surface area contributed by atoms with Crippen molar-refractivity contribution in [2.45, 2.75) is 6.92 Å². The van der Waals surface area contributed by atoms with E-state index in [2.05, 4.69) is 15.3 Å². The molecule has 2 heterocycles. The van der Waals surface area contributed by atoms with Gasteiger partial charge in [0.2, 0.25) is 5.95 Å². The minimum Gasteiger partial charge on any atom is -0.378 e. The van der Waals surface area contributed by atoms with E-state index < -0.39 is 0 Å². The zero-order chi connectivity index (χ0) is 16.2. The summed E-state index contributed by atoms with van der Waals surface area (Å²) >= 11 is 6.07. The van der Waals surface area contributed by atoms with Crippen LogP contribution < -0.4 is 10.2 Å². The van der Waals surface area contributed by atoms with Gasteiger partial charge in [-0.05, 0) is 30.7 Å². The van der Waals surface area contributed by atoms with Gasteiger partial charge in [-0.3, -0.25) is 4.79 Å². The number of hydrogen-bond acceptors (Lipinski definition) is 5. The number of carbonyl (C=O) groups is 1. The predicted molar refractivity (Wildman–Crippen MR) is 89.2 cm³/mol. The number of amides is 1. The maximum Gasteiger partial charge on any atom is 0.274 e. The standard InChI is InChI=1S/C16H17ClN4O2/c1-11-2-3-12(10-13(11)17)19-15(22)14-4-5-18-16(20-14)21-6-8-23-9-7-21/h2-5,10H,6-9H2,1H3,(H,19,22). The molecule has 6 nitrogen and oxygen atoms in total. The summed E-state index contributed by atoms with van der Waals surface area (Å²) < 4.78 is 5.31. The van der Waals surface area contributed by atoms with Gasteiger partial charge in [-0.1, -0.05) is 17.7 Å². The summed E-state index contributed by atoms with van der Waals surface area (Å²) in [7, 11) is 0. The molecule has 1 N–H and O–H groups in total. The van der Waals surface area contributed by atoms with Crippen LogP contribution in [0.1, 0.15) is 16.1 Å². The quantitative estimate of drug-likeness (QED) is 0.935. The second-order valence-corrected chi connectivity index (χ2v) is 5.67. The first-order valence-electron chi connectivity index (χ1n) is 7.37. The van der Waals surface area contributed by atoms with Crippen molar-refractivity contribution in [3.8, 4) is 0 Å². The number of ether oxygens (including phenoxy) is 1. The van der Waals surface area contributed by atoms with E-state index >= 15 is 0 Å². The average Bonchev–Trinajstić information content (AvgIpc) is 2.59. The predicted octanol–water partition coefficient (Wildman–Crippen LogP) is 2.53. The van der Waals surface area contributed by atoms with Crippen molar-refractivity contribution in [2.24, 2.45) is 0 Å². The fourth-order valence-corrected chi connectivity index (χ4v) is 2.44. The Morgan fingerprint density at radius 3 is 2.83 bits per heavy atom. The van der Waals surface area contributed by atoms with Crippen molar-refractivity contribution in [2.75, 3.05) is 36.5 Å². The Morgan fingerprint density at radius 1 is 1.30 bits per heavy atom. The van der Waals surface area contributed by atoms with Crippen LogP contribution in [0.5, 0.6) is 0 Å². The number of rotatable bonds is 3. The van der Waals surface area contributed by atoms with Crippen LogP contribution in [0.25, 0.3) is 0 Å². The van der Waals surface area contributed by atoms with Crippen molar-refractivity contribution in [3.63, 3.8) is 0 Å². The molecule has 0 atom stereocenters. The smallest absolute Gasteiger partial charge is 0.274 e. The van der Waals surface area contributed by atoms with Crippen LogP contribution in [0.2, 0.25) is 5.02 Å². The summed E-state index contributed by atoms with van der Waals surface area (Å²) in [6, 6.07) is 6.98. The first kappa shape index (κ1) is 15.7. The molecule has 3 rings (SSSR count). The Kier molecular flexibility index (Phi) is 4.73. The first-order chi connectivity index (χ1) is 11.1. The molecule has 0 unspecified atom stereocenters. The average molecular weight is 333 g/mol. The number of halogens is 1. The maximum absolute atomic E-state index is 12.4. The molecule has 1 aliphatic heterocycles. The van der Waals surface area contributed by atoms with Crippen LogP contribution in [0.3, 0.4) is 0 Å². The fourth-order valence-electron chi connectivity index (χ4n) is 2.26. The van der Waals surface area contributed by atoms with Crippen LogP contribution in [0.4, 0.5) is 11.6 Å². The number of aryl methyl sites for hydroxylation is 1. The maximum atomic E-state index is 12.4. The van der Waals surface area contributed by atoms with E-state index in [1.807, 2.05) is 24.0 Å². The summed E-state index contributed by atoms with van der Waals surface area (Å²) in [5, 5.41) is 3.41. The van der Waals surface area contributed by atoms with Crippen molar-refractivity contribution in [3.05, 3.63) is 46.7 Å². The van der Waals surface area contributed by atoms with Gasteiger partial charge in [0.15, 0.2) is 0 Å². The van der Waals surface area contributed by atoms with E-state index in [0.29, 0.717) is 35.6 Å². The zero-order valence-corrected chi connectivity index (χ0v) is 13.5. The summed E-state index contributed by atoms with van der Waals surface area (Å²) in [4.78, 5) is 22.9. The molecular formula is C16H17ClN4O2. The van der Waals surface area contributed by atoms with Crippen molar-refractivity contribution in [1.29, 1.82) is 0 Å². The normalized spacial score (nSPS) is 14.6. The van der Waals surface area contributed by atoms with Gasteiger partial charge in [0.1, 0.15) is 5.69 Å². The molecular weight excluding hydrogens is 316 g/mol. The number of aromatic nitrogens is 2. The Bertz CT molecular complexity index is 717. The summed E-state index contributed by atoms with van der Waals surface area (Å²) in [6.07, 6.45) is 1.59. The van der Waals surface area contributed by atoms with Crippen molar-refractivity contribution >= 4 is 29.1 Å². The molecule has 1 fully saturated rings. The minimum atomic E-state index is -0.290. The molecule has 1 aliphatic rings. The summed E-state index contributed by atoms with van der Waals surface area (Å²) in [6.45, 7) is 4.63. The van der Waals surface area contributed by atoms with E-state index in [1.54, 1.807) is 18.3 Å². The Balaban J connectivity index is 1.75. The van der Waals surface area contributed by atoms with Gasteiger partial charge in [0.05, 0.1) is 13.2 Å². The third-order valence-corrected chi connectivity index (χ3v) is 4.01. The second kappa shape index (κ2) is 6.93. The molecule has 2 aromatic rings. The van der Waals surface area contributed by atoms with E-state index in [0.717, 1.165) is 18.7 Å². The number of hydrogen-bond donors (Lipinski definition) is 1. The molecule has 1 aromatic carbocycles. The zero-order valence-electron chi connectivity index (χ0n) is 12.8. The van der Waals surface area contributed by atoms with Gasteiger partial charge in [-0.15, -0.1) is 0 Å². The number of nitrogens with one attached hydrogen (secondary N) is 1. The molecule has 1 amide bonds. The monoisotopic (exact) mass is 332 g/mol. The van der Waals surface area contributed by atoms with E-state index in [9.17, 15) is 4.79 Å². The lowest BCUT2D eigenvalue weighted by molar-refractivity contribution is 0.102. The van der Waals surface area contributed by atoms with Crippen LogP contribution >= 0.6 is 11.6 Å². The highest BCUT2D eigenvalue weighted by Crippen LogP contribution is 2.20. The number of benzene rings is 1. The first-order valence-corrected chi connectivity index (χ1v) is 7.74. The molecule has 120 valence electrons. The molecule has 0 spiro atoms. The van der Waals surface area contributed by atoms with E-state index in [4.69, 9.17) is 16.3 Å². The highest BCUT2D eigenvalue weighted by atomic mass is 35.5. The lowest BCUT2D eigenvalue weighted by Gasteiger charge is -2.26. The van der Waals surface area contributed by atoms with E-state index in [1.165, 1.54) is 0 Å². The Morgan fingerprint density at radius 2 is 2.09 bits per heavy atom. The topological polar surface area (TPSA) is 67.4 Å². The van der Waals surface area contributed by atoms with Gasteiger partial charge < -0.3 is 15.0 Å². The lowest BCUT2D eigenvalue weighted by Crippen LogP contribution is -2.37. The van der Waals surface area contributed by atoms with Gasteiger partial charge in [-0.2, -0.15) is 0 Å². The number of anilines is 2. The molecule has 0 aliphatic carbocycles. The number of nitrogens with zero attached hydrogens (tertiary/aromatic N) is 3. The molecule has 7 heteroatoms. The molecule has 0 bridgehead atoms. The molecule has 0 radical (unpaired) electrons. The second-order valence-electron chi connectivity index (χ2n) is 5.26. The fraction of sp³-hybridized carbons (Fsp3) is 0.312. The third kappa shape index (κ3) is 3.78. The molecule has 1 aromatic heterocycles. The van der Waals surface area contributed by atoms with Crippen LogP contribution in [-0.2, 0) is 4.74 Å². The summed E-state index contributed by atoms with van der Waals surface area (Å²) in [5.74, 6) is 0.254. The van der Waals surface area contributed by atoms with E-state index in [-0.39, 0.29) is 5.91 Å². The van der Waals surface area contributed by atoms with Crippen LogP contribution in [-0.4, -0.2) is 42.2 Å². The Hall–Kier alpha value is -2.18. The number of morpholine rings is 1. The van der Waals surface area contributed by atoms with Crippen molar-refractivity contribution < 1.29 is 9.53 Å². The largest absolute Gasteiger partial charge is 0.378 e. The third-order valence-electron chi connectivity index (χ3n) is 3.60.